The molecule has 4 aromatic rings. The van der Waals surface area contributed by atoms with Gasteiger partial charge in [0.1, 0.15) is 11.1 Å². The van der Waals surface area contributed by atoms with Crippen molar-refractivity contribution in [2.75, 3.05) is 26.2 Å². The van der Waals surface area contributed by atoms with Crippen molar-refractivity contribution in [2.45, 2.75) is 24.8 Å². The molecule has 182 valence electrons. The van der Waals surface area contributed by atoms with Crippen LogP contribution in [0.2, 0.25) is 0 Å². The molecule has 10 nitrogen and oxygen atoms in total. The molecule has 1 aliphatic rings. The van der Waals surface area contributed by atoms with E-state index in [1.807, 2.05) is 13.8 Å². The third-order valence-electron chi connectivity index (χ3n) is 6.14. The molecule has 2 aromatic carbocycles. The Bertz CT molecular complexity index is 1670. The molecule has 0 atom stereocenters. The van der Waals surface area contributed by atoms with E-state index in [0.29, 0.717) is 16.5 Å². The number of piperazine rings is 1. The number of oxazole rings is 1. The topological polar surface area (TPSA) is 123 Å². The molecule has 1 amide bonds. The predicted molar refractivity (Wildman–Crippen MR) is 128 cm³/mol. The first-order valence-corrected chi connectivity index (χ1v) is 12.6. The first kappa shape index (κ1) is 23.1. The second kappa shape index (κ2) is 8.51. The number of carbonyl (C=O) groups excluding carboxylic acids is 1. The minimum Gasteiger partial charge on any atom is -0.422 e. The zero-order valence-corrected chi connectivity index (χ0v) is 19.9. The zero-order chi connectivity index (χ0) is 24.9. The number of amides is 1. The largest absolute Gasteiger partial charge is 0.422 e. The second-order valence-corrected chi connectivity index (χ2v) is 10.6. The van der Waals surface area contributed by atoms with Gasteiger partial charge in [-0.1, -0.05) is 18.2 Å². The fourth-order valence-corrected chi connectivity index (χ4v) is 5.77. The standard InChI is InChI=1S/C24H23N3O7S/c1-15(2)27-19-8-7-17(14-21(19)34-24(27)30)35(31,32)26-11-9-25(10-12-26)22(28)18-13-16-5-3-4-6-20(16)33-23(18)29/h3-8,13-15H,9-12H2,1-2H3. The van der Waals surface area contributed by atoms with E-state index in [1.54, 1.807) is 30.3 Å². The summed E-state index contributed by atoms with van der Waals surface area (Å²) in [6.07, 6.45) is 0. The van der Waals surface area contributed by atoms with E-state index in [2.05, 4.69) is 0 Å². The van der Waals surface area contributed by atoms with Crippen LogP contribution in [0, 0.1) is 0 Å². The van der Waals surface area contributed by atoms with E-state index in [0.717, 1.165) is 0 Å². The molecule has 11 heteroatoms. The van der Waals surface area contributed by atoms with Crippen LogP contribution in [0.15, 0.2) is 71.8 Å². The van der Waals surface area contributed by atoms with E-state index in [4.69, 9.17) is 8.83 Å². The van der Waals surface area contributed by atoms with Gasteiger partial charge in [0.2, 0.25) is 10.0 Å². The summed E-state index contributed by atoms with van der Waals surface area (Å²) in [6.45, 7) is 4.02. The van der Waals surface area contributed by atoms with Crippen LogP contribution in [-0.4, -0.2) is 54.3 Å². The highest BCUT2D eigenvalue weighted by molar-refractivity contribution is 7.89. The molecule has 35 heavy (non-hydrogen) atoms. The van der Waals surface area contributed by atoms with Crippen LogP contribution in [0.25, 0.3) is 22.1 Å². The highest BCUT2D eigenvalue weighted by Gasteiger charge is 2.32. The Morgan fingerprint density at radius 3 is 2.34 bits per heavy atom. The molecule has 3 heterocycles. The number of fused-ring (bicyclic) bond motifs is 2. The molecule has 0 bridgehead atoms. The number of benzene rings is 2. The number of rotatable bonds is 4. The van der Waals surface area contributed by atoms with Gasteiger partial charge in [0.25, 0.3) is 5.91 Å². The van der Waals surface area contributed by atoms with Crippen molar-refractivity contribution in [1.82, 2.24) is 13.8 Å². The summed E-state index contributed by atoms with van der Waals surface area (Å²) in [5.74, 6) is -1.05. The first-order chi connectivity index (χ1) is 16.7. The molecule has 0 spiro atoms. The first-order valence-electron chi connectivity index (χ1n) is 11.1. The number of hydrogen-bond acceptors (Lipinski definition) is 7. The van der Waals surface area contributed by atoms with Gasteiger partial charge in [0.15, 0.2) is 5.58 Å². The molecule has 0 N–H and O–H groups in total. The van der Waals surface area contributed by atoms with Gasteiger partial charge in [-0.25, -0.2) is 18.0 Å². The Balaban J connectivity index is 1.35. The average Bonchev–Trinajstić information content (AvgIpc) is 3.18. The minimum atomic E-state index is -3.88. The lowest BCUT2D eigenvalue weighted by molar-refractivity contribution is 0.0694. The Hall–Kier alpha value is -3.70. The molecule has 1 fully saturated rings. The average molecular weight is 498 g/mol. The van der Waals surface area contributed by atoms with Crippen LogP contribution >= 0.6 is 0 Å². The van der Waals surface area contributed by atoms with Crippen LogP contribution < -0.4 is 11.4 Å². The van der Waals surface area contributed by atoms with Crippen molar-refractivity contribution in [3.05, 3.63) is 75.1 Å². The van der Waals surface area contributed by atoms with Crippen LogP contribution in [-0.2, 0) is 10.0 Å². The fourth-order valence-electron chi connectivity index (χ4n) is 4.33. The van der Waals surface area contributed by atoms with Gasteiger partial charge in [-0.05, 0) is 38.1 Å². The number of nitrogens with zero attached hydrogens (tertiary/aromatic N) is 3. The Morgan fingerprint density at radius 2 is 1.63 bits per heavy atom. The highest BCUT2D eigenvalue weighted by Crippen LogP contribution is 2.24. The minimum absolute atomic E-state index is 0.00427. The summed E-state index contributed by atoms with van der Waals surface area (Å²) in [4.78, 5) is 38.9. The zero-order valence-electron chi connectivity index (χ0n) is 19.1. The smallest absolute Gasteiger partial charge is 0.420 e. The van der Waals surface area contributed by atoms with E-state index < -0.39 is 27.3 Å². The van der Waals surface area contributed by atoms with Gasteiger partial charge >= 0.3 is 11.4 Å². The van der Waals surface area contributed by atoms with Crippen LogP contribution in [0.4, 0.5) is 0 Å². The van der Waals surface area contributed by atoms with Gasteiger partial charge < -0.3 is 13.7 Å². The predicted octanol–water partition coefficient (Wildman–Crippen LogP) is 2.43. The van der Waals surface area contributed by atoms with Crippen LogP contribution in [0.1, 0.15) is 30.2 Å². The second-order valence-electron chi connectivity index (χ2n) is 8.64. The third-order valence-corrected chi connectivity index (χ3v) is 8.03. The number of hydrogen-bond donors (Lipinski definition) is 0. The molecule has 1 aliphatic heterocycles. The van der Waals surface area contributed by atoms with Crippen LogP contribution in [0.3, 0.4) is 0 Å². The maximum atomic E-state index is 13.2. The number of para-hydroxylation sites is 1. The molecule has 2 aromatic heterocycles. The summed E-state index contributed by atoms with van der Waals surface area (Å²) in [7, 11) is -3.88. The molecule has 0 aliphatic carbocycles. The van der Waals surface area contributed by atoms with E-state index >= 15 is 0 Å². The van der Waals surface area contributed by atoms with Crippen molar-refractivity contribution in [2.24, 2.45) is 0 Å². The van der Waals surface area contributed by atoms with Gasteiger partial charge in [0.05, 0.1) is 10.4 Å². The Morgan fingerprint density at radius 1 is 0.914 bits per heavy atom. The lowest BCUT2D eigenvalue weighted by Gasteiger charge is -2.33. The Labute approximate surface area is 200 Å². The summed E-state index contributed by atoms with van der Waals surface area (Å²) in [5, 5.41) is 0.630. The molecule has 0 saturated carbocycles. The maximum absolute atomic E-state index is 13.2. The van der Waals surface area contributed by atoms with Gasteiger partial charge in [-0.15, -0.1) is 0 Å². The molecule has 1 saturated heterocycles. The van der Waals surface area contributed by atoms with Crippen molar-refractivity contribution in [1.29, 1.82) is 0 Å². The lowest BCUT2D eigenvalue weighted by atomic mass is 10.1. The van der Waals surface area contributed by atoms with Crippen molar-refractivity contribution in [3.63, 3.8) is 0 Å². The normalized spacial score (nSPS) is 15.3. The fraction of sp³-hybridized carbons (Fsp3) is 0.292. The van der Waals surface area contributed by atoms with Gasteiger partial charge in [0, 0.05) is 43.7 Å². The Kier molecular flexibility index (Phi) is 5.60. The van der Waals surface area contributed by atoms with Crippen molar-refractivity contribution in [3.8, 4) is 0 Å². The molecular formula is C24H23N3O7S. The molecule has 0 unspecified atom stereocenters. The molecule has 5 rings (SSSR count). The quantitative estimate of drug-likeness (QED) is 0.397. The number of sulfonamides is 1. The third kappa shape index (κ3) is 3.96. The van der Waals surface area contributed by atoms with Gasteiger partial charge in [-0.3, -0.25) is 9.36 Å². The monoisotopic (exact) mass is 497 g/mol. The molecular weight excluding hydrogens is 474 g/mol. The lowest BCUT2D eigenvalue weighted by Crippen LogP contribution is -2.51. The summed E-state index contributed by atoms with van der Waals surface area (Å²) >= 11 is 0. The number of carbonyl (C=O) groups is 1. The van der Waals surface area contributed by atoms with E-state index in [-0.39, 0.29) is 48.3 Å². The van der Waals surface area contributed by atoms with E-state index in [1.165, 1.54) is 32.0 Å². The van der Waals surface area contributed by atoms with Crippen molar-refractivity contribution < 1.29 is 22.0 Å². The summed E-state index contributed by atoms with van der Waals surface area (Å²) in [6, 6.07) is 12.6. The van der Waals surface area contributed by atoms with E-state index in [9.17, 15) is 22.8 Å². The number of aromatic nitrogens is 1. The highest BCUT2D eigenvalue weighted by atomic mass is 32.2. The summed E-state index contributed by atoms with van der Waals surface area (Å²) < 4.78 is 39.7. The van der Waals surface area contributed by atoms with Crippen molar-refractivity contribution >= 4 is 38.0 Å². The SMILES string of the molecule is CC(C)n1c(=O)oc2cc(S(=O)(=O)N3CCN(C(=O)c4cc5ccccc5oc4=O)CC3)ccc21. The summed E-state index contributed by atoms with van der Waals surface area (Å²) in [5.41, 5.74) is 0.290. The van der Waals surface area contributed by atoms with Gasteiger partial charge in [-0.2, -0.15) is 4.31 Å². The van der Waals surface area contributed by atoms with Crippen LogP contribution in [0.5, 0.6) is 0 Å². The molecule has 0 radical (unpaired) electrons. The maximum Gasteiger partial charge on any atom is 0.420 e.